The van der Waals surface area contributed by atoms with Crippen molar-refractivity contribution in [2.24, 2.45) is 5.92 Å². The summed E-state index contributed by atoms with van der Waals surface area (Å²) < 4.78 is 0. The van der Waals surface area contributed by atoms with E-state index in [0.29, 0.717) is 11.5 Å². The lowest BCUT2D eigenvalue weighted by molar-refractivity contribution is -0.121. The van der Waals surface area contributed by atoms with Crippen LogP contribution in [-0.2, 0) is 11.2 Å². The van der Waals surface area contributed by atoms with E-state index in [9.17, 15) is 9.59 Å². The molecule has 1 amide bonds. The van der Waals surface area contributed by atoms with Gasteiger partial charge in [0.15, 0.2) is 0 Å². The molecule has 1 aliphatic rings. The minimum Gasteiger partial charge on any atom is -0.478 e. The van der Waals surface area contributed by atoms with E-state index in [1.54, 1.807) is 18.2 Å². The standard InChI is InChI=1S/C15H19NO3/c1-10-5-4-8-13(10)16-14(17)9-11-6-2-3-7-12(11)15(18)19/h2-3,6-7,10,13H,4-5,8-9H2,1H3,(H,16,17)(H,18,19). The highest BCUT2D eigenvalue weighted by Crippen LogP contribution is 2.24. The molecular formula is C15H19NO3. The van der Waals surface area contributed by atoms with Crippen LogP contribution in [0.1, 0.15) is 42.1 Å². The maximum absolute atomic E-state index is 12.0. The van der Waals surface area contributed by atoms with Crippen LogP contribution in [0.5, 0.6) is 0 Å². The number of hydrogen-bond donors (Lipinski definition) is 2. The summed E-state index contributed by atoms with van der Waals surface area (Å²) in [5, 5.41) is 12.1. The molecule has 1 saturated carbocycles. The van der Waals surface area contributed by atoms with Crippen LogP contribution in [0.15, 0.2) is 24.3 Å². The molecule has 19 heavy (non-hydrogen) atoms. The van der Waals surface area contributed by atoms with Crippen LogP contribution < -0.4 is 5.32 Å². The predicted octanol–water partition coefficient (Wildman–Crippen LogP) is 2.23. The van der Waals surface area contributed by atoms with Crippen LogP contribution in [0.25, 0.3) is 0 Å². The van der Waals surface area contributed by atoms with Gasteiger partial charge in [0.1, 0.15) is 0 Å². The van der Waals surface area contributed by atoms with Crippen LogP contribution >= 0.6 is 0 Å². The van der Waals surface area contributed by atoms with Crippen molar-refractivity contribution in [2.45, 2.75) is 38.6 Å². The van der Waals surface area contributed by atoms with E-state index in [1.807, 2.05) is 0 Å². The van der Waals surface area contributed by atoms with Gasteiger partial charge in [-0.3, -0.25) is 4.79 Å². The summed E-state index contributed by atoms with van der Waals surface area (Å²) in [4.78, 5) is 23.1. The van der Waals surface area contributed by atoms with Gasteiger partial charge in [0, 0.05) is 6.04 Å². The lowest BCUT2D eigenvalue weighted by Crippen LogP contribution is -2.37. The minimum atomic E-state index is -0.988. The smallest absolute Gasteiger partial charge is 0.335 e. The van der Waals surface area contributed by atoms with Crippen molar-refractivity contribution in [3.05, 3.63) is 35.4 Å². The van der Waals surface area contributed by atoms with Gasteiger partial charge in [0.25, 0.3) is 0 Å². The van der Waals surface area contributed by atoms with Crippen molar-refractivity contribution in [3.63, 3.8) is 0 Å². The number of carboxylic acid groups (broad SMARTS) is 1. The third-order valence-corrected chi connectivity index (χ3v) is 3.81. The zero-order chi connectivity index (χ0) is 13.8. The lowest BCUT2D eigenvalue weighted by atomic mass is 10.0. The van der Waals surface area contributed by atoms with Gasteiger partial charge in [-0.15, -0.1) is 0 Å². The predicted molar refractivity (Wildman–Crippen MR) is 72.1 cm³/mol. The van der Waals surface area contributed by atoms with Crippen molar-refractivity contribution >= 4 is 11.9 Å². The van der Waals surface area contributed by atoms with Crippen molar-refractivity contribution < 1.29 is 14.7 Å². The first kappa shape index (κ1) is 13.6. The van der Waals surface area contributed by atoms with Crippen LogP contribution in [0, 0.1) is 5.92 Å². The molecule has 0 bridgehead atoms. The highest BCUT2D eigenvalue weighted by atomic mass is 16.4. The average molecular weight is 261 g/mol. The molecule has 2 rings (SSSR count). The Morgan fingerprint density at radius 2 is 2.05 bits per heavy atom. The Balaban J connectivity index is 2.01. The molecule has 0 saturated heterocycles. The Morgan fingerprint density at radius 1 is 1.32 bits per heavy atom. The molecule has 1 aromatic carbocycles. The molecule has 2 atom stereocenters. The monoisotopic (exact) mass is 261 g/mol. The van der Waals surface area contributed by atoms with Crippen LogP contribution in [0.3, 0.4) is 0 Å². The third kappa shape index (κ3) is 3.34. The second-order valence-corrected chi connectivity index (χ2v) is 5.22. The largest absolute Gasteiger partial charge is 0.478 e. The van der Waals surface area contributed by atoms with Gasteiger partial charge >= 0.3 is 5.97 Å². The number of rotatable bonds is 4. The Hall–Kier alpha value is -1.84. The summed E-state index contributed by atoms with van der Waals surface area (Å²) in [6.07, 6.45) is 3.45. The Morgan fingerprint density at radius 3 is 2.68 bits per heavy atom. The van der Waals surface area contributed by atoms with Crippen LogP contribution in [0.2, 0.25) is 0 Å². The molecule has 4 nitrogen and oxygen atoms in total. The van der Waals surface area contributed by atoms with Gasteiger partial charge in [-0.05, 0) is 30.4 Å². The Labute approximate surface area is 112 Å². The fraction of sp³-hybridized carbons (Fsp3) is 0.467. The minimum absolute atomic E-state index is 0.0903. The average Bonchev–Trinajstić information content (AvgIpc) is 2.75. The maximum atomic E-state index is 12.0. The van der Waals surface area contributed by atoms with Gasteiger partial charge < -0.3 is 10.4 Å². The number of benzene rings is 1. The fourth-order valence-electron chi connectivity index (χ4n) is 2.67. The number of hydrogen-bond acceptors (Lipinski definition) is 2. The second kappa shape index (κ2) is 5.87. The first-order chi connectivity index (χ1) is 9.08. The van der Waals surface area contributed by atoms with E-state index < -0.39 is 5.97 Å². The number of amides is 1. The molecule has 1 aromatic rings. The molecule has 1 aliphatic carbocycles. The normalized spacial score (nSPS) is 22.2. The highest BCUT2D eigenvalue weighted by Gasteiger charge is 2.25. The summed E-state index contributed by atoms with van der Waals surface area (Å²) in [7, 11) is 0. The number of nitrogens with one attached hydrogen (secondary N) is 1. The van der Waals surface area contributed by atoms with E-state index in [1.165, 1.54) is 6.07 Å². The molecule has 0 aromatic heterocycles. The van der Waals surface area contributed by atoms with Crippen LogP contribution in [-0.4, -0.2) is 23.0 Å². The molecule has 1 fully saturated rings. The summed E-state index contributed by atoms with van der Waals surface area (Å²) in [5.41, 5.74) is 0.773. The first-order valence-electron chi connectivity index (χ1n) is 6.68. The lowest BCUT2D eigenvalue weighted by Gasteiger charge is -2.17. The fourth-order valence-corrected chi connectivity index (χ4v) is 2.67. The molecule has 2 unspecified atom stereocenters. The summed E-state index contributed by atoms with van der Waals surface area (Å²) in [5.74, 6) is -0.566. The zero-order valence-corrected chi connectivity index (χ0v) is 11.1. The Bertz CT molecular complexity index is 484. The summed E-state index contributed by atoms with van der Waals surface area (Å²) in [6, 6.07) is 6.89. The summed E-state index contributed by atoms with van der Waals surface area (Å²) >= 11 is 0. The molecule has 0 heterocycles. The van der Waals surface area contributed by atoms with Crippen molar-refractivity contribution in [2.75, 3.05) is 0 Å². The Kier molecular flexibility index (Phi) is 4.20. The third-order valence-electron chi connectivity index (χ3n) is 3.81. The number of carbonyl (C=O) groups excluding carboxylic acids is 1. The van der Waals surface area contributed by atoms with E-state index in [0.717, 1.165) is 19.3 Å². The molecule has 2 N–H and O–H groups in total. The molecule has 0 radical (unpaired) electrons. The van der Waals surface area contributed by atoms with Crippen molar-refractivity contribution in [3.8, 4) is 0 Å². The van der Waals surface area contributed by atoms with E-state index >= 15 is 0 Å². The van der Waals surface area contributed by atoms with Crippen molar-refractivity contribution in [1.29, 1.82) is 0 Å². The van der Waals surface area contributed by atoms with Crippen molar-refractivity contribution in [1.82, 2.24) is 5.32 Å². The molecule has 0 spiro atoms. The topological polar surface area (TPSA) is 66.4 Å². The second-order valence-electron chi connectivity index (χ2n) is 5.22. The van der Waals surface area contributed by atoms with E-state index in [-0.39, 0.29) is 23.9 Å². The molecular weight excluding hydrogens is 242 g/mol. The first-order valence-corrected chi connectivity index (χ1v) is 6.68. The number of aromatic carboxylic acids is 1. The highest BCUT2D eigenvalue weighted by molar-refractivity contribution is 5.91. The van der Waals surface area contributed by atoms with E-state index in [2.05, 4.69) is 12.2 Å². The van der Waals surface area contributed by atoms with Gasteiger partial charge in [0.05, 0.1) is 12.0 Å². The maximum Gasteiger partial charge on any atom is 0.335 e. The van der Waals surface area contributed by atoms with Gasteiger partial charge in [-0.2, -0.15) is 0 Å². The van der Waals surface area contributed by atoms with E-state index in [4.69, 9.17) is 5.11 Å². The summed E-state index contributed by atoms with van der Waals surface area (Å²) in [6.45, 7) is 2.14. The molecule has 102 valence electrons. The molecule has 0 aliphatic heterocycles. The van der Waals surface area contributed by atoms with Crippen LogP contribution in [0.4, 0.5) is 0 Å². The SMILES string of the molecule is CC1CCCC1NC(=O)Cc1ccccc1C(=O)O. The number of carbonyl (C=O) groups is 2. The van der Waals surface area contributed by atoms with Gasteiger partial charge in [-0.1, -0.05) is 31.5 Å². The molecule has 4 heteroatoms. The van der Waals surface area contributed by atoms with Gasteiger partial charge in [-0.25, -0.2) is 4.79 Å². The van der Waals surface area contributed by atoms with Gasteiger partial charge in [0.2, 0.25) is 5.91 Å². The zero-order valence-electron chi connectivity index (χ0n) is 11.1. The quantitative estimate of drug-likeness (QED) is 0.873. The number of carboxylic acids is 1.